The molecule has 0 bridgehead atoms. The summed E-state index contributed by atoms with van der Waals surface area (Å²) < 4.78 is 4.57. The maximum Gasteiger partial charge on any atom is 0.345 e. The third kappa shape index (κ3) is 2.69. The van der Waals surface area contributed by atoms with E-state index in [0.717, 1.165) is 7.11 Å². The molecule has 22 heavy (non-hydrogen) atoms. The van der Waals surface area contributed by atoms with Crippen molar-refractivity contribution >= 4 is 23.4 Å². The largest absolute Gasteiger partial charge is 0.480 e. The maximum atomic E-state index is 11.8. The van der Waals surface area contributed by atoms with E-state index in [4.69, 9.17) is 0 Å². The number of pyridine rings is 1. The number of aromatic nitrogens is 1. The van der Waals surface area contributed by atoms with E-state index in [2.05, 4.69) is 9.72 Å². The first-order valence-corrected chi connectivity index (χ1v) is 6.60. The standard InChI is InChI=1S/C13H15N3O6/c1-7-6-8(13(19)22-2)10(16(20)21)11(14-7)15-5-3-4-9(15)12(17)18/h6,9H,3-5H2,1-2H3,(H,17,18)/t9-/m1/s1. The van der Waals surface area contributed by atoms with Crippen molar-refractivity contribution in [3.63, 3.8) is 0 Å². The van der Waals surface area contributed by atoms with E-state index in [-0.39, 0.29) is 11.4 Å². The van der Waals surface area contributed by atoms with Crippen molar-refractivity contribution < 1.29 is 24.4 Å². The van der Waals surface area contributed by atoms with E-state index in [1.54, 1.807) is 6.92 Å². The Morgan fingerprint density at radius 3 is 2.77 bits per heavy atom. The van der Waals surface area contributed by atoms with Gasteiger partial charge in [-0.2, -0.15) is 0 Å². The number of carboxylic acids is 1. The maximum absolute atomic E-state index is 11.8. The predicted octanol–water partition coefficient (Wildman–Crippen LogP) is 1.14. The van der Waals surface area contributed by atoms with E-state index in [1.807, 2.05) is 0 Å². The molecule has 1 saturated heterocycles. The predicted molar refractivity (Wildman–Crippen MR) is 75.0 cm³/mol. The highest BCUT2D eigenvalue weighted by Gasteiger charge is 2.38. The van der Waals surface area contributed by atoms with Gasteiger partial charge in [0.2, 0.25) is 5.82 Å². The smallest absolute Gasteiger partial charge is 0.345 e. The molecule has 1 atom stereocenters. The van der Waals surface area contributed by atoms with Gasteiger partial charge in [0, 0.05) is 12.2 Å². The van der Waals surface area contributed by atoms with E-state index in [1.165, 1.54) is 11.0 Å². The molecule has 1 aromatic rings. The summed E-state index contributed by atoms with van der Waals surface area (Å²) in [5.74, 6) is -2.03. The van der Waals surface area contributed by atoms with Gasteiger partial charge < -0.3 is 14.7 Å². The normalized spacial score (nSPS) is 17.4. The Bertz CT molecular complexity index is 645. The molecule has 1 aliphatic rings. The molecular weight excluding hydrogens is 294 g/mol. The van der Waals surface area contributed by atoms with Crippen LogP contribution in [0.2, 0.25) is 0 Å². The quantitative estimate of drug-likeness (QED) is 0.499. The summed E-state index contributed by atoms with van der Waals surface area (Å²) in [6.45, 7) is 1.90. The topological polar surface area (TPSA) is 123 Å². The minimum absolute atomic E-state index is 0.102. The van der Waals surface area contributed by atoms with Crippen LogP contribution in [-0.2, 0) is 9.53 Å². The van der Waals surface area contributed by atoms with Crippen molar-refractivity contribution in [3.8, 4) is 0 Å². The van der Waals surface area contributed by atoms with Crippen LogP contribution in [0.25, 0.3) is 0 Å². The van der Waals surface area contributed by atoms with Crippen molar-refractivity contribution in [3.05, 3.63) is 27.4 Å². The number of nitro groups is 1. The third-order valence-corrected chi connectivity index (χ3v) is 3.50. The zero-order valence-electron chi connectivity index (χ0n) is 12.1. The lowest BCUT2D eigenvalue weighted by Crippen LogP contribution is -2.37. The lowest BCUT2D eigenvalue weighted by Gasteiger charge is -2.23. The summed E-state index contributed by atoms with van der Waals surface area (Å²) >= 11 is 0. The van der Waals surface area contributed by atoms with Crippen LogP contribution in [0, 0.1) is 17.0 Å². The summed E-state index contributed by atoms with van der Waals surface area (Å²) in [5.41, 5.74) is -0.381. The van der Waals surface area contributed by atoms with Gasteiger partial charge in [-0.1, -0.05) is 0 Å². The van der Waals surface area contributed by atoms with Crippen molar-refractivity contribution in [2.45, 2.75) is 25.8 Å². The Morgan fingerprint density at radius 1 is 1.55 bits per heavy atom. The molecular formula is C13H15N3O6. The number of ether oxygens (including phenoxy) is 1. The second-order valence-corrected chi connectivity index (χ2v) is 4.92. The summed E-state index contributed by atoms with van der Waals surface area (Å²) in [5, 5.41) is 20.6. The number of carboxylic acid groups (broad SMARTS) is 1. The Hall–Kier alpha value is -2.71. The average Bonchev–Trinajstić information content (AvgIpc) is 2.94. The fourth-order valence-corrected chi connectivity index (χ4v) is 2.57. The Morgan fingerprint density at radius 2 is 2.23 bits per heavy atom. The molecule has 2 heterocycles. The van der Waals surface area contributed by atoms with E-state index in [9.17, 15) is 24.8 Å². The molecule has 0 saturated carbocycles. The lowest BCUT2D eigenvalue weighted by atomic mass is 10.1. The van der Waals surface area contributed by atoms with Crippen molar-refractivity contribution in [2.24, 2.45) is 0 Å². The summed E-state index contributed by atoms with van der Waals surface area (Å²) in [6, 6.07) is 0.373. The Kier molecular flexibility index (Phi) is 4.25. The van der Waals surface area contributed by atoms with Crippen LogP contribution in [-0.4, -0.2) is 46.6 Å². The third-order valence-electron chi connectivity index (χ3n) is 3.50. The van der Waals surface area contributed by atoms with Crippen LogP contribution < -0.4 is 4.90 Å². The molecule has 0 aliphatic carbocycles. The first-order valence-electron chi connectivity index (χ1n) is 6.60. The molecule has 9 heteroatoms. The number of esters is 1. The van der Waals surface area contributed by atoms with Gasteiger partial charge in [-0.05, 0) is 25.8 Å². The number of hydrogen-bond donors (Lipinski definition) is 1. The van der Waals surface area contributed by atoms with Gasteiger partial charge in [-0.15, -0.1) is 0 Å². The molecule has 1 fully saturated rings. The first-order chi connectivity index (χ1) is 10.4. The van der Waals surface area contributed by atoms with Gasteiger partial charge in [0.25, 0.3) is 0 Å². The van der Waals surface area contributed by atoms with E-state index < -0.39 is 28.6 Å². The van der Waals surface area contributed by atoms with E-state index in [0.29, 0.717) is 25.1 Å². The fraction of sp³-hybridized carbons (Fsp3) is 0.462. The van der Waals surface area contributed by atoms with Crippen molar-refractivity contribution in [2.75, 3.05) is 18.6 Å². The van der Waals surface area contributed by atoms with Crippen LogP contribution in [0.5, 0.6) is 0 Å². The highest BCUT2D eigenvalue weighted by molar-refractivity contribution is 5.97. The minimum Gasteiger partial charge on any atom is -0.480 e. The van der Waals surface area contributed by atoms with Crippen molar-refractivity contribution in [1.82, 2.24) is 4.98 Å². The second kappa shape index (κ2) is 5.96. The average molecular weight is 309 g/mol. The molecule has 0 unspecified atom stereocenters. The summed E-state index contributed by atoms with van der Waals surface area (Å²) in [6.07, 6.45) is 0.951. The number of aryl methyl sites for hydroxylation is 1. The number of carbonyl (C=O) groups is 2. The molecule has 0 amide bonds. The zero-order chi connectivity index (χ0) is 16.4. The highest BCUT2D eigenvalue weighted by atomic mass is 16.6. The van der Waals surface area contributed by atoms with Gasteiger partial charge in [0.05, 0.1) is 12.0 Å². The molecule has 0 aromatic carbocycles. The Labute approximate surface area is 125 Å². The molecule has 118 valence electrons. The van der Waals surface area contributed by atoms with Gasteiger partial charge in [0.1, 0.15) is 11.6 Å². The van der Waals surface area contributed by atoms with Gasteiger partial charge in [0.15, 0.2) is 0 Å². The lowest BCUT2D eigenvalue weighted by molar-refractivity contribution is -0.384. The number of methoxy groups -OCH3 is 1. The number of aliphatic carboxylic acids is 1. The Balaban J connectivity index is 2.64. The van der Waals surface area contributed by atoms with Gasteiger partial charge >= 0.3 is 17.6 Å². The van der Waals surface area contributed by atoms with E-state index >= 15 is 0 Å². The molecule has 1 aromatic heterocycles. The number of anilines is 1. The summed E-state index contributed by atoms with van der Waals surface area (Å²) in [4.78, 5) is 39.2. The summed E-state index contributed by atoms with van der Waals surface area (Å²) in [7, 11) is 1.12. The molecule has 0 spiro atoms. The van der Waals surface area contributed by atoms with Crippen LogP contribution >= 0.6 is 0 Å². The van der Waals surface area contributed by atoms with Gasteiger partial charge in [-0.3, -0.25) is 10.1 Å². The SMILES string of the molecule is COC(=O)c1cc(C)nc(N2CCC[C@@H]2C(=O)O)c1[N+](=O)[O-]. The fourth-order valence-electron chi connectivity index (χ4n) is 2.57. The number of rotatable bonds is 4. The van der Waals surface area contributed by atoms with Crippen LogP contribution in [0.15, 0.2) is 6.07 Å². The molecule has 9 nitrogen and oxygen atoms in total. The zero-order valence-corrected chi connectivity index (χ0v) is 12.1. The number of carbonyl (C=O) groups excluding carboxylic acids is 1. The minimum atomic E-state index is -1.07. The number of nitrogens with zero attached hydrogens (tertiary/aromatic N) is 3. The van der Waals surface area contributed by atoms with Crippen LogP contribution in [0.4, 0.5) is 11.5 Å². The molecule has 1 N–H and O–H groups in total. The van der Waals surface area contributed by atoms with Crippen LogP contribution in [0.1, 0.15) is 28.9 Å². The number of hydrogen-bond acceptors (Lipinski definition) is 7. The van der Waals surface area contributed by atoms with Crippen LogP contribution in [0.3, 0.4) is 0 Å². The molecule has 0 radical (unpaired) electrons. The molecule has 1 aliphatic heterocycles. The monoisotopic (exact) mass is 309 g/mol. The van der Waals surface area contributed by atoms with Gasteiger partial charge in [-0.25, -0.2) is 14.6 Å². The second-order valence-electron chi connectivity index (χ2n) is 4.92. The highest BCUT2D eigenvalue weighted by Crippen LogP contribution is 2.35. The molecule has 2 rings (SSSR count). The van der Waals surface area contributed by atoms with Crippen molar-refractivity contribution in [1.29, 1.82) is 0 Å². The first kappa shape index (κ1) is 15.7.